The first-order chi connectivity index (χ1) is 34.4. The molecule has 4 heterocycles. The number of hydrogen-bond acceptors (Lipinski definition) is 16. The van der Waals surface area contributed by atoms with Crippen LogP contribution < -0.4 is 31.2 Å². The number of carbonyl (C=O) groups is 4. The number of nitrogens with zero attached hydrogens (tertiary/aromatic N) is 5. The fraction of sp³-hybridized carbons (Fsp3) is 0.429. The molecule has 0 atom stereocenters. The number of thioether (sulfide) groups is 2. The van der Waals surface area contributed by atoms with Crippen LogP contribution in [0.1, 0.15) is 43.2 Å². The van der Waals surface area contributed by atoms with Gasteiger partial charge in [0, 0.05) is 75.8 Å². The topological polar surface area (TPSA) is 192 Å². The second-order valence-electron chi connectivity index (χ2n) is 16.3. The predicted molar refractivity (Wildman–Crippen MR) is 281 cm³/mol. The quantitative estimate of drug-likeness (QED) is 0.0650. The standard InChI is InChI=1S/C49H59N7O11S4/c1-34-28-38(44(59)53-19-26-70-48(53)68)42(66-32-36-10-6-4-7-11-36)46(61)55(34)30-40(57)50-14-16-52(18-21-64-24-25-65-23-22-63-3)17-15-51-41(58)31-56-35(2)29-39(45(60)54-20-27-71-49(54)69)43(47(56)62)67-33-37-12-8-5-9-13-37/h4-13,28-29H,14-27,30-33H2,1-3H3,(H,50,57)(H,51,58). The Bertz CT molecular complexity index is 2470. The molecule has 4 amide bonds. The summed E-state index contributed by atoms with van der Waals surface area (Å²) in [6.45, 7) is 6.98. The number of rotatable bonds is 27. The van der Waals surface area contributed by atoms with Crippen LogP contribution in [0.5, 0.6) is 11.5 Å². The number of nitrogens with one attached hydrogen (secondary N) is 2. The first kappa shape index (κ1) is 54.9. The molecule has 2 aliphatic rings. The van der Waals surface area contributed by atoms with Crippen LogP contribution >= 0.6 is 48.0 Å². The normalized spacial score (nSPS) is 13.5. The first-order valence-electron chi connectivity index (χ1n) is 23.1. The molecule has 380 valence electrons. The van der Waals surface area contributed by atoms with Gasteiger partial charge in [0.05, 0.1) is 44.2 Å². The molecule has 4 aromatic rings. The molecule has 18 nitrogen and oxygen atoms in total. The van der Waals surface area contributed by atoms with Crippen LogP contribution in [0.25, 0.3) is 0 Å². The molecule has 2 aliphatic heterocycles. The van der Waals surface area contributed by atoms with Gasteiger partial charge in [-0.15, -0.1) is 0 Å². The van der Waals surface area contributed by atoms with Crippen LogP contribution in [0, 0.1) is 13.8 Å². The number of thiocarbonyl (C=S) groups is 2. The molecule has 2 N–H and O–H groups in total. The molecule has 71 heavy (non-hydrogen) atoms. The van der Waals surface area contributed by atoms with E-state index in [1.54, 1.807) is 33.1 Å². The summed E-state index contributed by atoms with van der Waals surface area (Å²) in [5.74, 6) is -0.803. The average Bonchev–Trinajstić information content (AvgIpc) is 4.01. The van der Waals surface area contributed by atoms with Crippen LogP contribution in [0.15, 0.2) is 82.4 Å². The van der Waals surface area contributed by atoms with E-state index >= 15 is 0 Å². The van der Waals surface area contributed by atoms with Gasteiger partial charge in [0.15, 0.2) is 11.5 Å². The third-order valence-electron chi connectivity index (χ3n) is 11.3. The lowest BCUT2D eigenvalue weighted by Crippen LogP contribution is -2.43. The molecule has 0 unspecified atom stereocenters. The smallest absolute Gasteiger partial charge is 0.294 e. The van der Waals surface area contributed by atoms with E-state index in [9.17, 15) is 28.8 Å². The van der Waals surface area contributed by atoms with Gasteiger partial charge in [0.1, 0.15) is 34.9 Å². The van der Waals surface area contributed by atoms with Crippen molar-refractivity contribution in [3.05, 3.63) is 127 Å². The zero-order valence-electron chi connectivity index (χ0n) is 40.0. The molecule has 0 aliphatic carbocycles. The molecule has 2 aromatic carbocycles. The highest BCUT2D eigenvalue weighted by Crippen LogP contribution is 2.27. The average molecular weight is 1050 g/mol. The van der Waals surface area contributed by atoms with Crippen molar-refractivity contribution in [2.45, 2.75) is 40.2 Å². The molecule has 22 heteroatoms. The highest BCUT2D eigenvalue weighted by atomic mass is 32.2. The van der Waals surface area contributed by atoms with Crippen LogP contribution in [0.2, 0.25) is 0 Å². The van der Waals surface area contributed by atoms with Crippen molar-refractivity contribution in [2.24, 2.45) is 0 Å². The maximum atomic E-state index is 14.1. The minimum absolute atomic E-state index is 0.0262. The van der Waals surface area contributed by atoms with Crippen LogP contribution in [-0.4, -0.2) is 154 Å². The van der Waals surface area contributed by atoms with Gasteiger partial charge in [0.2, 0.25) is 11.8 Å². The van der Waals surface area contributed by atoms with E-state index in [1.807, 2.05) is 65.6 Å². The van der Waals surface area contributed by atoms with Gasteiger partial charge in [-0.3, -0.25) is 43.5 Å². The van der Waals surface area contributed by atoms with Crippen LogP contribution in [-0.2, 0) is 50.1 Å². The van der Waals surface area contributed by atoms with E-state index in [0.717, 1.165) is 11.1 Å². The fourth-order valence-electron chi connectivity index (χ4n) is 7.50. The number of benzene rings is 2. The number of carbonyl (C=O) groups excluding carboxylic acids is 4. The van der Waals surface area contributed by atoms with Crippen LogP contribution in [0.3, 0.4) is 0 Å². The summed E-state index contributed by atoms with van der Waals surface area (Å²) in [6.07, 6.45) is 0. The Labute approximate surface area is 431 Å². The Kier molecular flexibility index (Phi) is 21.6. The Morgan fingerprint density at radius 3 is 1.45 bits per heavy atom. The second-order valence-corrected chi connectivity index (χ2v) is 19.7. The van der Waals surface area contributed by atoms with Crippen molar-refractivity contribution in [2.75, 3.05) is 97.5 Å². The van der Waals surface area contributed by atoms with Crippen molar-refractivity contribution in [1.82, 2.24) is 34.5 Å². The molecule has 0 bridgehead atoms. The molecule has 2 fully saturated rings. The molecule has 0 radical (unpaired) electrons. The van der Waals surface area contributed by atoms with Gasteiger partial charge in [-0.2, -0.15) is 0 Å². The highest BCUT2D eigenvalue weighted by molar-refractivity contribution is 8.23. The number of ether oxygens (including phenoxy) is 5. The third-order valence-corrected chi connectivity index (χ3v) is 14.2. The van der Waals surface area contributed by atoms with Crippen molar-refractivity contribution in [3.8, 4) is 11.5 Å². The molecule has 0 spiro atoms. The Balaban J connectivity index is 1.09. The van der Waals surface area contributed by atoms with Gasteiger partial charge in [-0.1, -0.05) is 109 Å². The monoisotopic (exact) mass is 1050 g/mol. The fourth-order valence-corrected chi connectivity index (χ4v) is 9.90. The maximum absolute atomic E-state index is 14.1. The second kappa shape index (κ2) is 28.0. The largest absolute Gasteiger partial charge is 0.482 e. The lowest BCUT2D eigenvalue weighted by atomic mass is 10.1. The van der Waals surface area contributed by atoms with Gasteiger partial charge < -0.3 is 43.5 Å². The summed E-state index contributed by atoms with van der Waals surface area (Å²) in [5.41, 5.74) is 1.26. The lowest BCUT2D eigenvalue weighted by Gasteiger charge is -2.23. The molecule has 2 aromatic heterocycles. The lowest BCUT2D eigenvalue weighted by molar-refractivity contribution is -0.122. The van der Waals surface area contributed by atoms with Crippen molar-refractivity contribution < 1.29 is 42.9 Å². The molecular weight excluding hydrogens is 991 g/mol. The van der Waals surface area contributed by atoms with Gasteiger partial charge >= 0.3 is 0 Å². The minimum Gasteiger partial charge on any atom is -0.482 e. The highest BCUT2D eigenvalue weighted by Gasteiger charge is 2.32. The molecule has 0 saturated carbocycles. The predicted octanol–water partition coefficient (Wildman–Crippen LogP) is 3.65. The van der Waals surface area contributed by atoms with Gasteiger partial charge in [-0.05, 0) is 37.1 Å². The number of methoxy groups -OCH3 is 1. The SMILES string of the molecule is COCCOCCOCCN(CCNC(=O)Cn1c(C)cc(C(=O)N2CCSC2=S)c(OCc2ccccc2)c1=O)CCNC(=O)Cn1c(C)cc(C(=O)N2CCSC2=S)c(OCc2ccccc2)c1=O. The minimum atomic E-state index is -0.623. The summed E-state index contributed by atoms with van der Waals surface area (Å²) in [6, 6.07) is 21.6. The van der Waals surface area contributed by atoms with Crippen molar-refractivity contribution in [3.63, 3.8) is 0 Å². The summed E-state index contributed by atoms with van der Waals surface area (Å²) in [4.78, 5) is 87.4. The van der Waals surface area contributed by atoms with E-state index in [1.165, 1.54) is 42.5 Å². The van der Waals surface area contributed by atoms with E-state index in [4.69, 9.17) is 48.1 Å². The summed E-state index contributed by atoms with van der Waals surface area (Å²) in [7, 11) is 1.60. The van der Waals surface area contributed by atoms with Crippen molar-refractivity contribution >= 4 is 80.2 Å². The number of aromatic nitrogens is 2. The zero-order valence-corrected chi connectivity index (χ0v) is 43.3. The van der Waals surface area contributed by atoms with Gasteiger partial charge in [-0.25, -0.2) is 0 Å². The molecule has 6 rings (SSSR count). The maximum Gasteiger partial charge on any atom is 0.294 e. The number of amides is 4. The van der Waals surface area contributed by atoms with Crippen molar-refractivity contribution in [1.29, 1.82) is 0 Å². The Hall–Kier alpha value is -5.46. The zero-order chi connectivity index (χ0) is 50.7. The number of pyridine rings is 2. The van der Waals surface area contributed by atoms with Gasteiger partial charge in [0.25, 0.3) is 22.9 Å². The van der Waals surface area contributed by atoms with Crippen LogP contribution in [0.4, 0.5) is 0 Å². The third kappa shape index (κ3) is 15.8. The molecule has 2 saturated heterocycles. The van der Waals surface area contributed by atoms with E-state index in [2.05, 4.69) is 10.6 Å². The molecular formula is C49H59N7O11S4. The Morgan fingerprint density at radius 1 is 0.620 bits per heavy atom. The van der Waals surface area contributed by atoms with E-state index in [-0.39, 0.29) is 62.0 Å². The number of hydrogen-bond donors (Lipinski definition) is 2. The Morgan fingerprint density at radius 2 is 1.04 bits per heavy atom. The van der Waals surface area contributed by atoms with E-state index in [0.29, 0.717) is 97.3 Å². The number of aryl methyl sites for hydroxylation is 2. The summed E-state index contributed by atoms with van der Waals surface area (Å²) < 4.78 is 31.8. The summed E-state index contributed by atoms with van der Waals surface area (Å²) >= 11 is 13.6. The first-order valence-corrected chi connectivity index (χ1v) is 25.8. The summed E-state index contributed by atoms with van der Waals surface area (Å²) in [5, 5.41) is 5.79. The van der Waals surface area contributed by atoms with E-state index < -0.39 is 34.7 Å².